The predicted octanol–water partition coefficient (Wildman–Crippen LogP) is 4.93. The quantitative estimate of drug-likeness (QED) is 0.304. The van der Waals surface area contributed by atoms with E-state index >= 15 is 0 Å². The van der Waals surface area contributed by atoms with E-state index in [0.29, 0.717) is 6.42 Å². The standard InChI is InChI=1S/C13H16F5O3P/c1-4-7(3)21-22(19,5-2)20-6-8-9(14)11(16)13(18)12(17)10(8)15/h7H,4-6H2,1-3H3. The van der Waals surface area contributed by atoms with Crippen LogP contribution in [0.2, 0.25) is 0 Å². The van der Waals surface area contributed by atoms with Gasteiger partial charge in [0.15, 0.2) is 23.3 Å². The largest absolute Gasteiger partial charge is 0.330 e. The predicted molar refractivity (Wildman–Crippen MR) is 70.0 cm³/mol. The van der Waals surface area contributed by atoms with Gasteiger partial charge in [-0.05, 0) is 13.3 Å². The monoisotopic (exact) mass is 346 g/mol. The third kappa shape index (κ3) is 4.06. The molecule has 0 spiro atoms. The van der Waals surface area contributed by atoms with E-state index in [9.17, 15) is 26.5 Å². The molecule has 2 unspecified atom stereocenters. The van der Waals surface area contributed by atoms with Crippen LogP contribution in [0.1, 0.15) is 32.8 Å². The molecule has 0 amide bonds. The highest BCUT2D eigenvalue weighted by Gasteiger charge is 2.29. The summed E-state index contributed by atoms with van der Waals surface area (Å²) >= 11 is 0. The first-order chi connectivity index (χ1) is 10.2. The molecule has 0 saturated heterocycles. The zero-order valence-corrected chi connectivity index (χ0v) is 13.2. The van der Waals surface area contributed by atoms with Crippen molar-refractivity contribution in [2.24, 2.45) is 0 Å². The van der Waals surface area contributed by atoms with E-state index in [-0.39, 0.29) is 6.16 Å². The summed E-state index contributed by atoms with van der Waals surface area (Å²) in [6.45, 7) is 3.79. The number of halogens is 5. The lowest BCUT2D eigenvalue weighted by Gasteiger charge is -2.21. The van der Waals surface area contributed by atoms with E-state index in [4.69, 9.17) is 9.05 Å². The molecule has 126 valence electrons. The van der Waals surface area contributed by atoms with Gasteiger partial charge in [-0.15, -0.1) is 0 Å². The van der Waals surface area contributed by atoms with Crippen LogP contribution in [0.3, 0.4) is 0 Å². The summed E-state index contributed by atoms with van der Waals surface area (Å²) in [5, 5.41) is 0. The van der Waals surface area contributed by atoms with Gasteiger partial charge in [0, 0.05) is 6.16 Å². The molecule has 0 saturated carbocycles. The van der Waals surface area contributed by atoms with Crippen molar-refractivity contribution in [3.63, 3.8) is 0 Å². The molecule has 0 radical (unpaired) electrons. The van der Waals surface area contributed by atoms with Gasteiger partial charge in [-0.25, -0.2) is 22.0 Å². The van der Waals surface area contributed by atoms with Crippen molar-refractivity contribution in [1.29, 1.82) is 0 Å². The van der Waals surface area contributed by atoms with Crippen molar-refractivity contribution in [3.8, 4) is 0 Å². The van der Waals surface area contributed by atoms with Gasteiger partial charge < -0.3 is 9.05 Å². The van der Waals surface area contributed by atoms with Gasteiger partial charge in [0.25, 0.3) is 0 Å². The molecule has 0 aliphatic carbocycles. The smallest absolute Gasteiger partial charge is 0.306 e. The third-order valence-electron chi connectivity index (χ3n) is 3.01. The maximum atomic E-state index is 13.5. The molecule has 1 rings (SSSR count). The SMILES string of the molecule is CCC(C)OP(=O)(CC)OCc1c(F)c(F)c(F)c(F)c1F. The molecule has 0 heterocycles. The fourth-order valence-electron chi connectivity index (χ4n) is 1.48. The Morgan fingerprint density at radius 1 is 0.955 bits per heavy atom. The molecule has 0 bridgehead atoms. The average molecular weight is 346 g/mol. The molecule has 0 aliphatic rings. The van der Waals surface area contributed by atoms with Crippen molar-refractivity contribution < 1.29 is 35.6 Å². The molecular weight excluding hydrogens is 330 g/mol. The van der Waals surface area contributed by atoms with Crippen LogP contribution in [0.25, 0.3) is 0 Å². The van der Waals surface area contributed by atoms with Gasteiger partial charge in [-0.1, -0.05) is 13.8 Å². The van der Waals surface area contributed by atoms with E-state index in [1.54, 1.807) is 13.8 Å². The van der Waals surface area contributed by atoms with E-state index in [2.05, 4.69) is 0 Å². The van der Waals surface area contributed by atoms with Crippen molar-refractivity contribution in [3.05, 3.63) is 34.6 Å². The highest BCUT2D eigenvalue weighted by molar-refractivity contribution is 7.53. The van der Waals surface area contributed by atoms with E-state index < -0.39 is 55.0 Å². The first kappa shape index (κ1) is 19.1. The average Bonchev–Trinajstić information content (AvgIpc) is 2.50. The highest BCUT2D eigenvalue weighted by atomic mass is 31.2. The second-order valence-corrected chi connectivity index (χ2v) is 6.90. The number of benzene rings is 1. The number of hydrogen-bond acceptors (Lipinski definition) is 3. The van der Waals surface area contributed by atoms with Crippen molar-refractivity contribution >= 4 is 7.60 Å². The summed E-state index contributed by atoms with van der Waals surface area (Å²) in [5.41, 5.74) is -1.18. The van der Waals surface area contributed by atoms with Crippen molar-refractivity contribution in [2.75, 3.05) is 6.16 Å². The summed E-state index contributed by atoms with van der Waals surface area (Å²) in [7, 11) is -3.69. The van der Waals surface area contributed by atoms with Gasteiger partial charge in [0.2, 0.25) is 5.82 Å². The molecular formula is C13H16F5O3P. The molecule has 22 heavy (non-hydrogen) atoms. The summed E-state index contributed by atoms with van der Waals surface area (Å²) < 4.78 is 88.2. The normalized spacial score (nSPS) is 15.6. The molecule has 0 aliphatic heterocycles. The Labute approximate surface area is 125 Å². The van der Waals surface area contributed by atoms with Crippen LogP contribution in [0.4, 0.5) is 22.0 Å². The Kier molecular flexibility index (Phi) is 6.52. The molecule has 0 fully saturated rings. The zero-order chi connectivity index (χ0) is 17.1. The van der Waals surface area contributed by atoms with E-state index in [0.717, 1.165) is 0 Å². The molecule has 0 N–H and O–H groups in total. The lowest BCUT2D eigenvalue weighted by atomic mass is 10.2. The van der Waals surface area contributed by atoms with Crippen LogP contribution in [-0.4, -0.2) is 12.3 Å². The molecule has 3 nitrogen and oxygen atoms in total. The van der Waals surface area contributed by atoms with Crippen LogP contribution in [0.5, 0.6) is 0 Å². The fraction of sp³-hybridized carbons (Fsp3) is 0.538. The molecule has 1 aromatic carbocycles. The Bertz CT molecular complexity index is 565. The third-order valence-corrected chi connectivity index (χ3v) is 4.99. The van der Waals surface area contributed by atoms with Crippen LogP contribution in [0.15, 0.2) is 0 Å². The van der Waals surface area contributed by atoms with Crippen LogP contribution < -0.4 is 0 Å². The Morgan fingerprint density at radius 3 is 1.82 bits per heavy atom. The first-order valence-corrected chi connectivity index (χ1v) is 8.31. The molecule has 2 atom stereocenters. The first-order valence-electron chi connectivity index (χ1n) is 6.59. The van der Waals surface area contributed by atoms with Crippen LogP contribution in [-0.2, 0) is 20.2 Å². The minimum absolute atomic E-state index is 0.104. The summed E-state index contributed by atoms with van der Waals surface area (Å²) in [4.78, 5) is 0. The second-order valence-electron chi connectivity index (χ2n) is 4.57. The second kappa shape index (κ2) is 7.53. The lowest BCUT2D eigenvalue weighted by molar-refractivity contribution is 0.148. The van der Waals surface area contributed by atoms with Crippen molar-refractivity contribution in [1.82, 2.24) is 0 Å². The molecule has 1 aromatic rings. The van der Waals surface area contributed by atoms with Crippen LogP contribution >= 0.6 is 7.60 Å². The lowest BCUT2D eigenvalue weighted by Crippen LogP contribution is -2.11. The van der Waals surface area contributed by atoms with E-state index in [1.807, 2.05) is 0 Å². The van der Waals surface area contributed by atoms with Crippen molar-refractivity contribution in [2.45, 2.75) is 39.9 Å². The maximum absolute atomic E-state index is 13.5. The minimum Gasteiger partial charge on any atom is -0.306 e. The summed E-state index contributed by atoms with van der Waals surface area (Å²) in [6.07, 6.45) is -0.0371. The van der Waals surface area contributed by atoms with Crippen LogP contribution in [0, 0.1) is 29.1 Å². The molecule has 9 heteroatoms. The van der Waals surface area contributed by atoms with Gasteiger partial charge in [-0.3, -0.25) is 4.57 Å². The topological polar surface area (TPSA) is 35.5 Å². The Morgan fingerprint density at radius 2 is 1.41 bits per heavy atom. The summed E-state index contributed by atoms with van der Waals surface area (Å²) in [6, 6.07) is 0. The van der Waals surface area contributed by atoms with Gasteiger partial charge in [0.1, 0.15) is 0 Å². The maximum Gasteiger partial charge on any atom is 0.330 e. The highest BCUT2D eigenvalue weighted by Crippen LogP contribution is 2.50. The molecule has 0 aromatic heterocycles. The Hall–Kier alpha value is -0.980. The minimum atomic E-state index is -3.69. The fourth-order valence-corrected chi connectivity index (χ4v) is 2.90. The van der Waals surface area contributed by atoms with Gasteiger partial charge in [0.05, 0.1) is 18.3 Å². The van der Waals surface area contributed by atoms with Gasteiger partial charge in [-0.2, -0.15) is 0 Å². The Balaban J connectivity index is 3.03. The number of hydrogen-bond donors (Lipinski definition) is 0. The summed E-state index contributed by atoms with van der Waals surface area (Å²) in [5.74, 6) is -10.4. The number of rotatable bonds is 7. The zero-order valence-electron chi connectivity index (χ0n) is 12.3. The van der Waals surface area contributed by atoms with E-state index in [1.165, 1.54) is 6.92 Å². The van der Waals surface area contributed by atoms with Gasteiger partial charge >= 0.3 is 7.60 Å².